The van der Waals surface area contributed by atoms with E-state index in [-0.39, 0.29) is 11.8 Å². The quantitative estimate of drug-likeness (QED) is 0.701. The number of benzene rings is 1. The van der Waals surface area contributed by atoms with Gasteiger partial charge in [0.05, 0.1) is 0 Å². The number of rotatable bonds is 6. The van der Waals surface area contributed by atoms with Crippen molar-refractivity contribution in [2.45, 2.75) is 12.8 Å². The Morgan fingerprint density at radius 2 is 2.00 bits per heavy atom. The molecule has 0 spiro atoms. The Morgan fingerprint density at radius 3 is 2.61 bits per heavy atom. The van der Waals surface area contributed by atoms with Crippen molar-refractivity contribution in [2.75, 3.05) is 13.1 Å². The van der Waals surface area contributed by atoms with Crippen molar-refractivity contribution in [3.63, 3.8) is 0 Å². The highest BCUT2D eigenvalue weighted by Gasteiger charge is 2.32. The van der Waals surface area contributed by atoms with Crippen LogP contribution < -0.4 is 0 Å². The first-order valence-corrected chi connectivity index (χ1v) is 6.42. The fourth-order valence-electron chi connectivity index (χ4n) is 1.88. The summed E-state index contributed by atoms with van der Waals surface area (Å²) in [6, 6.07) is 10.1. The Balaban J connectivity index is 1.90. The van der Waals surface area contributed by atoms with Crippen molar-refractivity contribution < 1.29 is 4.79 Å². The molecule has 0 atom stereocenters. The molecule has 1 aliphatic carbocycles. The summed E-state index contributed by atoms with van der Waals surface area (Å²) in [5.74, 6) is 0.544. The van der Waals surface area contributed by atoms with Crippen molar-refractivity contribution in [1.82, 2.24) is 4.90 Å². The highest BCUT2D eigenvalue weighted by Crippen LogP contribution is 2.30. The zero-order valence-electron chi connectivity index (χ0n) is 10.6. The SMILES string of the molecule is C=CCN(C/C=C\c1ccccc1)C(=O)C1CC1. The van der Waals surface area contributed by atoms with Crippen LogP contribution >= 0.6 is 0 Å². The van der Waals surface area contributed by atoms with Crippen molar-refractivity contribution in [3.05, 3.63) is 54.6 Å². The van der Waals surface area contributed by atoms with Gasteiger partial charge in [-0.2, -0.15) is 0 Å². The average molecular weight is 241 g/mol. The Hall–Kier alpha value is -1.83. The van der Waals surface area contributed by atoms with E-state index in [1.807, 2.05) is 29.2 Å². The minimum atomic E-state index is 0.271. The van der Waals surface area contributed by atoms with Crippen LogP contribution in [0.1, 0.15) is 18.4 Å². The van der Waals surface area contributed by atoms with Gasteiger partial charge in [0.15, 0.2) is 0 Å². The zero-order valence-corrected chi connectivity index (χ0v) is 10.6. The highest BCUT2D eigenvalue weighted by atomic mass is 16.2. The second kappa shape index (κ2) is 6.20. The Bertz CT molecular complexity index is 432. The van der Waals surface area contributed by atoms with E-state index in [4.69, 9.17) is 0 Å². The number of amides is 1. The van der Waals surface area contributed by atoms with Gasteiger partial charge in [0, 0.05) is 19.0 Å². The van der Waals surface area contributed by atoms with Gasteiger partial charge in [-0.25, -0.2) is 0 Å². The molecule has 0 N–H and O–H groups in total. The molecule has 1 aliphatic rings. The van der Waals surface area contributed by atoms with E-state index in [1.54, 1.807) is 6.08 Å². The molecule has 2 heteroatoms. The summed E-state index contributed by atoms with van der Waals surface area (Å²) in [5, 5.41) is 0. The molecule has 0 aliphatic heterocycles. The molecule has 18 heavy (non-hydrogen) atoms. The second-order valence-corrected chi connectivity index (χ2v) is 4.62. The number of carbonyl (C=O) groups is 1. The van der Waals surface area contributed by atoms with Gasteiger partial charge in [0.1, 0.15) is 0 Å². The minimum absolute atomic E-state index is 0.271. The monoisotopic (exact) mass is 241 g/mol. The molecule has 0 saturated heterocycles. The zero-order chi connectivity index (χ0) is 12.8. The van der Waals surface area contributed by atoms with E-state index in [0.717, 1.165) is 18.4 Å². The van der Waals surface area contributed by atoms with Crippen LogP contribution in [0.4, 0.5) is 0 Å². The van der Waals surface area contributed by atoms with E-state index < -0.39 is 0 Å². The van der Waals surface area contributed by atoms with Crippen LogP contribution in [0.2, 0.25) is 0 Å². The predicted octanol–water partition coefficient (Wildman–Crippen LogP) is 3.12. The van der Waals surface area contributed by atoms with Gasteiger partial charge in [-0.15, -0.1) is 6.58 Å². The largest absolute Gasteiger partial charge is 0.335 e. The van der Waals surface area contributed by atoms with Crippen molar-refractivity contribution >= 4 is 12.0 Å². The van der Waals surface area contributed by atoms with E-state index >= 15 is 0 Å². The van der Waals surface area contributed by atoms with Crippen LogP contribution in [0.3, 0.4) is 0 Å². The van der Waals surface area contributed by atoms with Gasteiger partial charge in [-0.05, 0) is 18.4 Å². The Morgan fingerprint density at radius 1 is 1.28 bits per heavy atom. The molecule has 0 bridgehead atoms. The number of hydrogen-bond donors (Lipinski definition) is 0. The fourth-order valence-corrected chi connectivity index (χ4v) is 1.88. The minimum Gasteiger partial charge on any atom is -0.335 e. The van der Waals surface area contributed by atoms with Crippen LogP contribution in [0, 0.1) is 5.92 Å². The Labute approximate surface area is 109 Å². The lowest BCUT2D eigenvalue weighted by Gasteiger charge is -2.19. The van der Waals surface area contributed by atoms with Crippen LogP contribution in [-0.2, 0) is 4.79 Å². The van der Waals surface area contributed by atoms with Gasteiger partial charge >= 0.3 is 0 Å². The van der Waals surface area contributed by atoms with Gasteiger partial charge in [-0.1, -0.05) is 48.6 Å². The predicted molar refractivity (Wildman–Crippen MR) is 75.0 cm³/mol. The number of carbonyl (C=O) groups excluding carboxylic acids is 1. The van der Waals surface area contributed by atoms with Crippen molar-refractivity contribution in [2.24, 2.45) is 5.92 Å². The van der Waals surface area contributed by atoms with E-state index in [2.05, 4.69) is 24.8 Å². The molecule has 0 unspecified atom stereocenters. The van der Waals surface area contributed by atoms with E-state index in [0.29, 0.717) is 13.1 Å². The normalized spacial score (nSPS) is 14.7. The molecular formula is C16H19NO. The Kier molecular flexibility index (Phi) is 4.35. The smallest absolute Gasteiger partial charge is 0.226 e. The standard InChI is InChI=1S/C16H19NO/c1-2-12-17(16(18)15-10-11-15)13-6-9-14-7-4-3-5-8-14/h2-9,15H,1,10-13H2/b9-6-. The van der Waals surface area contributed by atoms with E-state index in [9.17, 15) is 4.79 Å². The third kappa shape index (κ3) is 3.59. The van der Waals surface area contributed by atoms with E-state index in [1.165, 1.54) is 0 Å². The maximum absolute atomic E-state index is 12.0. The topological polar surface area (TPSA) is 20.3 Å². The summed E-state index contributed by atoms with van der Waals surface area (Å²) in [6.07, 6.45) is 7.98. The first kappa shape index (κ1) is 12.6. The lowest BCUT2D eigenvalue weighted by atomic mass is 10.2. The number of hydrogen-bond acceptors (Lipinski definition) is 1. The summed E-state index contributed by atoms with van der Waals surface area (Å²) in [7, 11) is 0. The molecule has 94 valence electrons. The first-order chi connectivity index (χ1) is 8.81. The molecule has 1 amide bonds. The molecule has 0 radical (unpaired) electrons. The molecule has 1 aromatic carbocycles. The first-order valence-electron chi connectivity index (χ1n) is 6.42. The highest BCUT2D eigenvalue weighted by molar-refractivity contribution is 5.81. The van der Waals surface area contributed by atoms with Gasteiger partial charge in [0.25, 0.3) is 0 Å². The summed E-state index contributed by atoms with van der Waals surface area (Å²) in [4.78, 5) is 13.8. The third-order valence-electron chi connectivity index (χ3n) is 3.02. The average Bonchev–Trinajstić information content (AvgIpc) is 3.22. The number of nitrogens with zero attached hydrogens (tertiary/aromatic N) is 1. The van der Waals surface area contributed by atoms with Gasteiger partial charge in [0.2, 0.25) is 5.91 Å². The molecular weight excluding hydrogens is 222 g/mol. The maximum atomic E-state index is 12.0. The van der Waals surface area contributed by atoms with Crippen molar-refractivity contribution in [1.29, 1.82) is 0 Å². The molecule has 1 aromatic rings. The lowest BCUT2D eigenvalue weighted by molar-refractivity contribution is -0.131. The second-order valence-electron chi connectivity index (χ2n) is 4.62. The fraction of sp³-hybridized carbons (Fsp3) is 0.312. The summed E-state index contributed by atoms with van der Waals surface area (Å²) in [5.41, 5.74) is 1.16. The molecule has 2 nitrogen and oxygen atoms in total. The van der Waals surface area contributed by atoms with Crippen LogP contribution in [0.25, 0.3) is 6.08 Å². The third-order valence-corrected chi connectivity index (χ3v) is 3.02. The molecule has 2 rings (SSSR count). The summed E-state index contributed by atoms with van der Waals surface area (Å²) in [6.45, 7) is 5.01. The van der Waals surface area contributed by atoms with Gasteiger partial charge < -0.3 is 4.90 Å². The van der Waals surface area contributed by atoms with Gasteiger partial charge in [-0.3, -0.25) is 4.79 Å². The molecule has 0 aromatic heterocycles. The molecule has 0 heterocycles. The molecule has 1 fully saturated rings. The lowest BCUT2D eigenvalue weighted by Crippen LogP contribution is -2.32. The van der Waals surface area contributed by atoms with Crippen LogP contribution in [-0.4, -0.2) is 23.9 Å². The molecule has 1 saturated carbocycles. The van der Waals surface area contributed by atoms with Crippen molar-refractivity contribution in [3.8, 4) is 0 Å². The summed E-state index contributed by atoms with van der Waals surface area (Å²) >= 11 is 0. The van der Waals surface area contributed by atoms with Crippen LogP contribution in [0.15, 0.2) is 49.1 Å². The maximum Gasteiger partial charge on any atom is 0.226 e. The van der Waals surface area contributed by atoms with Crippen LogP contribution in [0.5, 0.6) is 0 Å². The summed E-state index contributed by atoms with van der Waals surface area (Å²) < 4.78 is 0.